The summed E-state index contributed by atoms with van der Waals surface area (Å²) < 4.78 is 34.9. The summed E-state index contributed by atoms with van der Waals surface area (Å²) in [4.78, 5) is 16.3. The molecular weight excluding hydrogens is 394 g/mol. The molecule has 1 N–H and O–H groups in total. The Labute approximate surface area is 169 Å². The zero-order valence-electron chi connectivity index (χ0n) is 15.6. The van der Waals surface area contributed by atoms with E-state index in [-0.39, 0.29) is 36.6 Å². The highest BCUT2D eigenvalue weighted by Gasteiger charge is 2.13. The van der Waals surface area contributed by atoms with Gasteiger partial charge in [0, 0.05) is 11.8 Å². The molecule has 0 radical (unpaired) electrons. The fourth-order valence-corrected chi connectivity index (χ4v) is 2.62. The van der Waals surface area contributed by atoms with Crippen LogP contribution in [0.15, 0.2) is 67.1 Å². The fraction of sp³-hybridized carbons (Fsp3) is 0.100. The Morgan fingerprint density at radius 1 is 1.00 bits per heavy atom. The van der Waals surface area contributed by atoms with E-state index in [1.807, 2.05) is 0 Å². The molecule has 0 aliphatic heterocycles. The summed E-state index contributed by atoms with van der Waals surface area (Å²) in [5.41, 5.74) is 0.600. The minimum atomic E-state index is -0.501. The van der Waals surface area contributed by atoms with Crippen LogP contribution < -0.4 is 10.1 Å². The number of hydrogen-bond acceptors (Lipinski definition) is 5. The number of aromatic nitrogens is 5. The summed E-state index contributed by atoms with van der Waals surface area (Å²) in [5.74, 6) is -0.646. The number of carbonyl (C=O) groups is 1. The SMILES string of the molecule is O=C(Nc1ncn(Cc2ccccc2F)n1)c1ccn(COc2ccc(F)cc2)n1. The van der Waals surface area contributed by atoms with Crippen LogP contribution in [0.3, 0.4) is 0 Å². The molecule has 2 aromatic heterocycles. The lowest BCUT2D eigenvalue weighted by Gasteiger charge is -2.05. The molecule has 0 unspecified atom stereocenters. The number of nitrogens with one attached hydrogen (secondary N) is 1. The van der Waals surface area contributed by atoms with Gasteiger partial charge in [0.05, 0.1) is 6.54 Å². The smallest absolute Gasteiger partial charge is 0.278 e. The van der Waals surface area contributed by atoms with Crippen LogP contribution in [0.25, 0.3) is 0 Å². The molecule has 1 amide bonds. The number of amides is 1. The van der Waals surface area contributed by atoms with Gasteiger partial charge >= 0.3 is 0 Å². The van der Waals surface area contributed by atoms with Gasteiger partial charge in [-0.2, -0.15) is 5.10 Å². The number of rotatable bonds is 7. The fourth-order valence-electron chi connectivity index (χ4n) is 2.62. The molecule has 2 heterocycles. The van der Waals surface area contributed by atoms with Crippen molar-refractivity contribution in [1.82, 2.24) is 24.5 Å². The first-order valence-corrected chi connectivity index (χ1v) is 8.93. The zero-order chi connectivity index (χ0) is 20.9. The summed E-state index contributed by atoms with van der Waals surface area (Å²) in [5, 5.41) is 10.8. The number of ether oxygens (including phenoxy) is 1. The summed E-state index contributed by atoms with van der Waals surface area (Å²) in [6.45, 7) is 0.235. The molecule has 10 heteroatoms. The van der Waals surface area contributed by atoms with E-state index >= 15 is 0 Å². The molecule has 0 aliphatic rings. The average molecular weight is 410 g/mol. The zero-order valence-corrected chi connectivity index (χ0v) is 15.6. The number of hydrogen-bond donors (Lipinski definition) is 1. The van der Waals surface area contributed by atoms with Gasteiger partial charge in [0.15, 0.2) is 12.4 Å². The first-order chi connectivity index (χ1) is 14.6. The number of carbonyl (C=O) groups excluding carboxylic acids is 1. The molecular formula is C20H16F2N6O2. The van der Waals surface area contributed by atoms with Gasteiger partial charge in [0.25, 0.3) is 5.91 Å². The number of benzene rings is 2. The van der Waals surface area contributed by atoms with Crippen molar-refractivity contribution in [2.45, 2.75) is 13.3 Å². The summed E-state index contributed by atoms with van der Waals surface area (Å²) in [6.07, 6.45) is 2.97. The Bertz CT molecular complexity index is 1160. The number of halogens is 2. The van der Waals surface area contributed by atoms with Gasteiger partial charge in [0.1, 0.15) is 23.7 Å². The van der Waals surface area contributed by atoms with E-state index in [2.05, 4.69) is 20.5 Å². The van der Waals surface area contributed by atoms with E-state index in [1.165, 1.54) is 52.1 Å². The van der Waals surface area contributed by atoms with Crippen molar-refractivity contribution in [3.05, 3.63) is 90.0 Å². The molecule has 0 saturated carbocycles. The Morgan fingerprint density at radius 2 is 1.80 bits per heavy atom. The quantitative estimate of drug-likeness (QED) is 0.506. The molecule has 0 fully saturated rings. The third kappa shape index (κ3) is 4.66. The molecule has 0 spiro atoms. The van der Waals surface area contributed by atoms with Crippen molar-refractivity contribution in [1.29, 1.82) is 0 Å². The van der Waals surface area contributed by atoms with Crippen LogP contribution in [0.4, 0.5) is 14.7 Å². The third-order valence-electron chi connectivity index (χ3n) is 4.10. The van der Waals surface area contributed by atoms with E-state index < -0.39 is 5.91 Å². The Kier molecular flexibility index (Phi) is 5.46. The summed E-state index contributed by atoms with van der Waals surface area (Å²) in [6, 6.07) is 13.4. The lowest BCUT2D eigenvalue weighted by atomic mass is 10.2. The van der Waals surface area contributed by atoms with Crippen molar-refractivity contribution in [2.75, 3.05) is 5.32 Å². The van der Waals surface area contributed by atoms with Crippen molar-refractivity contribution >= 4 is 11.9 Å². The first-order valence-electron chi connectivity index (χ1n) is 8.93. The second-order valence-corrected chi connectivity index (χ2v) is 6.28. The largest absolute Gasteiger partial charge is 0.471 e. The second kappa shape index (κ2) is 8.52. The van der Waals surface area contributed by atoms with Crippen molar-refractivity contribution in [2.24, 2.45) is 0 Å². The van der Waals surface area contributed by atoms with E-state index in [0.717, 1.165) is 0 Å². The average Bonchev–Trinajstić information content (AvgIpc) is 3.39. The maximum Gasteiger partial charge on any atom is 0.278 e. The molecule has 30 heavy (non-hydrogen) atoms. The predicted octanol–water partition coefficient (Wildman–Crippen LogP) is 3.09. The normalized spacial score (nSPS) is 10.7. The lowest BCUT2D eigenvalue weighted by Crippen LogP contribution is -2.15. The van der Waals surface area contributed by atoms with Crippen LogP contribution in [0.1, 0.15) is 16.1 Å². The van der Waals surface area contributed by atoms with Gasteiger partial charge in [-0.05, 0) is 36.4 Å². The van der Waals surface area contributed by atoms with E-state index in [0.29, 0.717) is 11.3 Å². The third-order valence-corrected chi connectivity index (χ3v) is 4.10. The van der Waals surface area contributed by atoms with Gasteiger partial charge in [-0.15, -0.1) is 5.10 Å². The Balaban J connectivity index is 1.34. The van der Waals surface area contributed by atoms with Crippen molar-refractivity contribution in [3.63, 3.8) is 0 Å². The Hall–Kier alpha value is -4.08. The van der Waals surface area contributed by atoms with Gasteiger partial charge in [-0.3, -0.25) is 10.1 Å². The molecule has 2 aromatic carbocycles. The van der Waals surface area contributed by atoms with Gasteiger partial charge < -0.3 is 4.74 Å². The van der Waals surface area contributed by atoms with Gasteiger partial charge in [-0.1, -0.05) is 18.2 Å². The maximum atomic E-state index is 13.7. The molecule has 0 saturated heterocycles. The monoisotopic (exact) mass is 410 g/mol. The summed E-state index contributed by atoms with van der Waals surface area (Å²) in [7, 11) is 0. The first kappa shape index (κ1) is 19.2. The van der Waals surface area contributed by atoms with E-state index in [1.54, 1.807) is 24.4 Å². The van der Waals surface area contributed by atoms with E-state index in [4.69, 9.17) is 4.74 Å². The molecule has 0 atom stereocenters. The standard InChI is InChI=1S/C20H16F2N6O2/c21-15-5-7-16(8-6-15)30-13-27-10-9-18(25-27)19(29)24-20-23-12-28(26-20)11-14-3-1-2-4-17(14)22/h1-10,12H,11,13H2,(H,24,26,29). The number of nitrogens with zero attached hydrogens (tertiary/aromatic N) is 5. The molecule has 4 rings (SSSR count). The predicted molar refractivity (Wildman–Crippen MR) is 103 cm³/mol. The molecule has 152 valence electrons. The Morgan fingerprint density at radius 3 is 2.60 bits per heavy atom. The highest BCUT2D eigenvalue weighted by molar-refractivity contribution is 6.01. The van der Waals surface area contributed by atoms with Crippen LogP contribution in [0.2, 0.25) is 0 Å². The van der Waals surface area contributed by atoms with Crippen molar-refractivity contribution in [3.8, 4) is 5.75 Å². The highest BCUT2D eigenvalue weighted by Crippen LogP contribution is 2.12. The van der Waals surface area contributed by atoms with Crippen LogP contribution in [0.5, 0.6) is 5.75 Å². The minimum Gasteiger partial charge on any atom is -0.471 e. The van der Waals surface area contributed by atoms with Crippen LogP contribution >= 0.6 is 0 Å². The molecule has 0 aliphatic carbocycles. The van der Waals surface area contributed by atoms with Crippen molar-refractivity contribution < 1.29 is 18.3 Å². The van der Waals surface area contributed by atoms with Crippen LogP contribution in [0, 0.1) is 11.6 Å². The van der Waals surface area contributed by atoms with Gasteiger partial charge in [0.2, 0.25) is 5.95 Å². The molecule has 4 aromatic rings. The highest BCUT2D eigenvalue weighted by atomic mass is 19.1. The number of anilines is 1. The molecule has 8 nitrogen and oxygen atoms in total. The topological polar surface area (TPSA) is 86.9 Å². The van der Waals surface area contributed by atoms with E-state index in [9.17, 15) is 13.6 Å². The second-order valence-electron chi connectivity index (χ2n) is 6.28. The molecule has 0 bridgehead atoms. The lowest BCUT2D eigenvalue weighted by molar-refractivity contribution is 0.101. The van der Waals surface area contributed by atoms with Crippen LogP contribution in [-0.2, 0) is 13.3 Å². The van der Waals surface area contributed by atoms with Gasteiger partial charge in [-0.25, -0.2) is 23.1 Å². The minimum absolute atomic E-state index is 0.0500. The van der Waals surface area contributed by atoms with Crippen LogP contribution in [-0.4, -0.2) is 30.5 Å². The maximum absolute atomic E-state index is 13.7. The summed E-state index contributed by atoms with van der Waals surface area (Å²) >= 11 is 0.